The smallest absolute Gasteiger partial charge is 0.245 e. The molecule has 1 aromatic rings. The van der Waals surface area contributed by atoms with Crippen LogP contribution in [-0.2, 0) is 19.9 Å². The van der Waals surface area contributed by atoms with Crippen LogP contribution in [0, 0.1) is 0 Å². The molecule has 2 rings (SSSR count). The summed E-state index contributed by atoms with van der Waals surface area (Å²) in [7, 11) is 4.20. The molecule has 96 valence electrons. The topological polar surface area (TPSA) is 65.0 Å². The number of hydrogen-bond acceptors (Lipinski definition) is 5. The van der Waals surface area contributed by atoms with Crippen molar-refractivity contribution in [3.05, 3.63) is 41.3 Å². The Labute approximate surface area is 105 Å². The molecule has 1 aromatic carbocycles. The van der Waals surface area contributed by atoms with Crippen LogP contribution < -0.4 is 4.74 Å². The highest BCUT2D eigenvalue weighted by Crippen LogP contribution is 2.46. The number of ketones is 1. The van der Waals surface area contributed by atoms with Crippen LogP contribution in [0.4, 0.5) is 0 Å². The minimum Gasteiger partial charge on any atom is -0.496 e. The number of para-hydroxylation sites is 1. The van der Waals surface area contributed by atoms with Gasteiger partial charge in [-0.05, 0) is 6.07 Å². The van der Waals surface area contributed by atoms with E-state index in [0.717, 1.165) is 0 Å². The summed E-state index contributed by atoms with van der Waals surface area (Å²) in [5, 5.41) is 10.5. The number of carbonyl (C=O) groups is 1. The Kier molecular flexibility index (Phi) is 3.00. The van der Waals surface area contributed by atoms with Crippen LogP contribution in [0.5, 0.6) is 5.75 Å². The van der Waals surface area contributed by atoms with E-state index in [2.05, 4.69) is 0 Å². The number of ether oxygens (including phenoxy) is 3. The predicted molar refractivity (Wildman–Crippen MR) is 62.9 cm³/mol. The van der Waals surface area contributed by atoms with Crippen LogP contribution in [-0.4, -0.2) is 32.2 Å². The van der Waals surface area contributed by atoms with Gasteiger partial charge in [0.25, 0.3) is 0 Å². The van der Waals surface area contributed by atoms with E-state index in [-0.39, 0.29) is 11.5 Å². The van der Waals surface area contributed by atoms with Gasteiger partial charge in [0.05, 0.1) is 21.3 Å². The van der Waals surface area contributed by atoms with E-state index in [1.807, 2.05) is 0 Å². The fourth-order valence-corrected chi connectivity index (χ4v) is 2.09. The molecule has 0 saturated carbocycles. The molecular formula is C13H14O5. The molecule has 1 aliphatic carbocycles. The largest absolute Gasteiger partial charge is 0.496 e. The maximum Gasteiger partial charge on any atom is 0.245 e. The molecule has 5 nitrogen and oxygen atoms in total. The number of carbonyl (C=O) groups excluding carboxylic acids is 1. The molecule has 0 saturated heterocycles. The lowest BCUT2D eigenvalue weighted by Crippen LogP contribution is -2.49. The van der Waals surface area contributed by atoms with Crippen molar-refractivity contribution in [3.63, 3.8) is 0 Å². The summed E-state index contributed by atoms with van der Waals surface area (Å²) in [5.74, 6) is 0.00908. The fraction of sp³-hybridized carbons (Fsp3) is 0.308. The molecule has 0 fully saturated rings. The van der Waals surface area contributed by atoms with E-state index in [9.17, 15) is 9.90 Å². The van der Waals surface area contributed by atoms with Crippen molar-refractivity contribution in [1.82, 2.24) is 0 Å². The summed E-state index contributed by atoms with van der Waals surface area (Å²) in [6.07, 6.45) is 0. The van der Waals surface area contributed by atoms with Gasteiger partial charge in [0.2, 0.25) is 17.1 Å². The molecule has 0 radical (unpaired) electrons. The summed E-state index contributed by atoms with van der Waals surface area (Å²) >= 11 is 0. The average molecular weight is 250 g/mol. The molecule has 18 heavy (non-hydrogen) atoms. The maximum atomic E-state index is 12.0. The first-order valence-electron chi connectivity index (χ1n) is 5.34. The zero-order chi connectivity index (χ0) is 13.3. The standard InChI is InChI=1S/C13H14O5/c1-16-9-7-5-4-6-8(9)13(15)11(14)10(17-2)12(13)18-3/h4-7,15H,1-3H3. The summed E-state index contributed by atoms with van der Waals surface area (Å²) in [4.78, 5) is 12.0. The number of aliphatic hydroxyl groups is 1. The van der Waals surface area contributed by atoms with Gasteiger partial charge >= 0.3 is 0 Å². The molecule has 1 aliphatic rings. The molecule has 1 N–H and O–H groups in total. The molecule has 0 aromatic heterocycles. The van der Waals surface area contributed by atoms with Gasteiger partial charge in [-0.3, -0.25) is 4.79 Å². The molecule has 5 heteroatoms. The first-order chi connectivity index (χ1) is 8.61. The number of rotatable bonds is 4. The summed E-state index contributed by atoms with van der Waals surface area (Å²) < 4.78 is 15.1. The van der Waals surface area contributed by atoms with Gasteiger partial charge in [-0.25, -0.2) is 0 Å². The Bertz CT molecular complexity index is 520. The minimum absolute atomic E-state index is 0.0332. The van der Waals surface area contributed by atoms with Crippen molar-refractivity contribution >= 4 is 5.78 Å². The van der Waals surface area contributed by atoms with Crippen molar-refractivity contribution in [2.45, 2.75) is 5.60 Å². The van der Waals surface area contributed by atoms with E-state index >= 15 is 0 Å². The van der Waals surface area contributed by atoms with Crippen LogP contribution in [0.2, 0.25) is 0 Å². The van der Waals surface area contributed by atoms with E-state index in [1.54, 1.807) is 24.3 Å². The Morgan fingerprint density at radius 3 is 2.28 bits per heavy atom. The molecule has 0 aliphatic heterocycles. The second-order valence-electron chi connectivity index (χ2n) is 3.81. The van der Waals surface area contributed by atoms with Crippen molar-refractivity contribution in [3.8, 4) is 5.75 Å². The highest BCUT2D eigenvalue weighted by Gasteiger charge is 2.58. The van der Waals surface area contributed by atoms with Gasteiger partial charge < -0.3 is 19.3 Å². The van der Waals surface area contributed by atoms with Gasteiger partial charge in [0, 0.05) is 5.56 Å². The first-order valence-corrected chi connectivity index (χ1v) is 5.34. The monoisotopic (exact) mass is 250 g/mol. The van der Waals surface area contributed by atoms with E-state index in [1.165, 1.54) is 21.3 Å². The lowest BCUT2D eigenvalue weighted by atomic mass is 9.77. The number of benzene rings is 1. The van der Waals surface area contributed by atoms with Gasteiger partial charge in [-0.1, -0.05) is 18.2 Å². The van der Waals surface area contributed by atoms with Crippen LogP contribution in [0.25, 0.3) is 0 Å². The molecule has 0 spiro atoms. The number of methoxy groups -OCH3 is 3. The average Bonchev–Trinajstić information content (AvgIpc) is 2.42. The van der Waals surface area contributed by atoms with E-state index in [0.29, 0.717) is 11.3 Å². The summed E-state index contributed by atoms with van der Waals surface area (Å²) in [6.45, 7) is 0. The minimum atomic E-state index is -1.83. The van der Waals surface area contributed by atoms with Gasteiger partial charge in [-0.2, -0.15) is 0 Å². The predicted octanol–water partition coefficient (Wildman–Crippen LogP) is 0.970. The highest BCUT2D eigenvalue weighted by molar-refractivity contribution is 6.10. The molecular weight excluding hydrogens is 236 g/mol. The van der Waals surface area contributed by atoms with Crippen molar-refractivity contribution < 1.29 is 24.1 Å². The third-order valence-corrected chi connectivity index (χ3v) is 2.97. The third-order valence-electron chi connectivity index (χ3n) is 2.97. The second-order valence-corrected chi connectivity index (χ2v) is 3.81. The molecule has 0 amide bonds. The summed E-state index contributed by atoms with van der Waals surface area (Å²) in [5.41, 5.74) is -1.48. The number of Topliss-reactive ketones (excluding diaryl/α,β-unsaturated/α-hetero) is 1. The maximum absolute atomic E-state index is 12.0. The van der Waals surface area contributed by atoms with E-state index in [4.69, 9.17) is 14.2 Å². The van der Waals surface area contributed by atoms with Crippen LogP contribution in [0.1, 0.15) is 5.56 Å². The molecule has 1 unspecified atom stereocenters. The highest BCUT2D eigenvalue weighted by atomic mass is 16.5. The Morgan fingerprint density at radius 2 is 1.72 bits per heavy atom. The van der Waals surface area contributed by atoms with Gasteiger partial charge in [0.1, 0.15) is 5.75 Å². The first kappa shape index (κ1) is 12.4. The lowest BCUT2D eigenvalue weighted by molar-refractivity contribution is -0.147. The van der Waals surface area contributed by atoms with Crippen LogP contribution >= 0.6 is 0 Å². The van der Waals surface area contributed by atoms with Gasteiger partial charge in [-0.15, -0.1) is 0 Å². The van der Waals surface area contributed by atoms with Crippen LogP contribution in [0.15, 0.2) is 35.8 Å². The number of hydrogen-bond donors (Lipinski definition) is 1. The second kappa shape index (κ2) is 4.34. The third kappa shape index (κ3) is 1.41. The SMILES string of the molecule is COC1=C(OC)C(O)(c2ccccc2OC)C1=O. The normalized spacial score (nSPS) is 22.6. The quantitative estimate of drug-likeness (QED) is 0.862. The van der Waals surface area contributed by atoms with E-state index < -0.39 is 11.4 Å². The van der Waals surface area contributed by atoms with Crippen molar-refractivity contribution in [1.29, 1.82) is 0 Å². The lowest BCUT2D eigenvalue weighted by Gasteiger charge is -2.37. The van der Waals surface area contributed by atoms with Crippen LogP contribution in [0.3, 0.4) is 0 Å². The molecule has 0 heterocycles. The zero-order valence-electron chi connectivity index (χ0n) is 10.4. The fourth-order valence-electron chi connectivity index (χ4n) is 2.09. The Hall–Kier alpha value is -2.01. The van der Waals surface area contributed by atoms with Crippen molar-refractivity contribution in [2.24, 2.45) is 0 Å². The van der Waals surface area contributed by atoms with Crippen molar-refractivity contribution in [2.75, 3.05) is 21.3 Å². The Balaban J connectivity index is 2.57. The molecule has 0 bridgehead atoms. The summed E-state index contributed by atoms with van der Waals surface area (Å²) in [6, 6.07) is 6.74. The zero-order valence-corrected chi connectivity index (χ0v) is 10.4. The Morgan fingerprint density at radius 1 is 1.06 bits per heavy atom. The van der Waals surface area contributed by atoms with Gasteiger partial charge in [0.15, 0.2) is 5.76 Å². The molecule has 1 atom stereocenters.